The zero-order valence-corrected chi connectivity index (χ0v) is 17.9. The van der Waals surface area contributed by atoms with Crippen LogP contribution in [0.4, 0.5) is 0 Å². The molecule has 1 amide bonds. The van der Waals surface area contributed by atoms with Gasteiger partial charge in [-0.25, -0.2) is 0 Å². The summed E-state index contributed by atoms with van der Waals surface area (Å²) in [5.41, 5.74) is 2.51. The summed E-state index contributed by atoms with van der Waals surface area (Å²) in [7, 11) is 0. The third kappa shape index (κ3) is 6.59. The lowest BCUT2D eigenvalue weighted by molar-refractivity contribution is -0.128. The quantitative estimate of drug-likeness (QED) is 0.695. The van der Waals surface area contributed by atoms with Gasteiger partial charge in [-0.15, -0.1) is 0 Å². The Bertz CT molecular complexity index is 745. The van der Waals surface area contributed by atoms with E-state index in [2.05, 4.69) is 38.2 Å². The van der Waals surface area contributed by atoms with E-state index in [1.165, 1.54) is 11.1 Å². The molecule has 0 aliphatic carbocycles. The lowest BCUT2D eigenvalue weighted by Gasteiger charge is -2.22. The SMILES string of the molecule is CC[C@H](Oc1ccc(C(C)(C)C)cc1)C(=O)N[C@@H](C)COc1ccc(C)cc1. The van der Waals surface area contributed by atoms with E-state index in [9.17, 15) is 4.79 Å². The maximum absolute atomic E-state index is 12.6. The van der Waals surface area contributed by atoms with Crippen LogP contribution >= 0.6 is 0 Å². The number of benzene rings is 2. The third-order valence-corrected chi connectivity index (χ3v) is 4.57. The number of aryl methyl sites for hydroxylation is 1. The van der Waals surface area contributed by atoms with Crippen molar-refractivity contribution in [1.82, 2.24) is 5.32 Å². The van der Waals surface area contributed by atoms with Crippen molar-refractivity contribution in [3.8, 4) is 11.5 Å². The number of rotatable bonds is 8. The molecule has 1 N–H and O–H groups in total. The average molecular weight is 384 g/mol. The van der Waals surface area contributed by atoms with Crippen molar-refractivity contribution in [1.29, 1.82) is 0 Å². The van der Waals surface area contributed by atoms with Crippen molar-refractivity contribution in [3.63, 3.8) is 0 Å². The maximum atomic E-state index is 12.6. The van der Waals surface area contributed by atoms with Crippen LogP contribution in [0.5, 0.6) is 11.5 Å². The second-order valence-corrected chi connectivity index (χ2v) is 8.32. The number of carbonyl (C=O) groups is 1. The standard InChI is InChI=1S/C24H33NO3/c1-7-22(28-21-14-10-19(11-15-21)24(4,5)6)23(26)25-18(3)16-27-20-12-8-17(2)9-13-20/h8-15,18,22H,7,16H2,1-6H3,(H,25,26)/t18-,22-/m0/s1. The van der Waals surface area contributed by atoms with Crippen LogP contribution in [-0.2, 0) is 10.2 Å². The topological polar surface area (TPSA) is 47.6 Å². The summed E-state index contributed by atoms with van der Waals surface area (Å²) in [4.78, 5) is 12.6. The Balaban J connectivity index is 1.87. The third-order valence-electron chi connectivity index (χ3n) is 4.57. The zero-order chi connectivity index (χ0) is 20.7. The van der Waals surface area contributed by atoms with Gasteiger partial charge in [0.25, 0.3) is 5.91 Å². The Morgan fingerprint density at radius 2 is 1.57 bits per heavy atom. The van der Waals surface area contributed by atoms with E-state index in [4.69, 9.17) is 9.47 Å². The minimum absolute atomic E-state index is 0.0902. The number of hydrogen-bond acceptors (Lipinski definition) is 3. The summed E-state index contributed by atoms with van der Waals surface area (Å²) >= 11 is 0. The molecule has 0 aromatic heterocycles. The van der Waals surface area contributed by atoms with Crippen LogP contribution in [0.25, 0.3) is 0 Å². The maximum Gasteiger partial charge on any atom is 0.261 e. The molecule has 0 aliphatic heterocycles. The van der Waals surface area contributed by atoms with Crippen LogP contribution < -0.4 is 14.8 Å². The van der Waals surface area contributed by atoms with Gasteiger partial charge in [0.2, 0.25) is 0 Å². The minimum atomic E-state index is -0.526. The first-order valence-corrected chi connectivity index (χ1v) is 9.96. The van der Waals surface area contributed by atoms with Gasteiger partial charge in [-0.05, 0) is 55.5 Å². The molecule has 0 aliphatic rings. The monoisotopic (exact) mass is 383 g/mol. The van der Waals surface area contributed by atoms with Gasteiger partial charge < -0.3 is 14.8 Å². The van der Waals surface area contributed by atoms with Crippen LogP contribution in [0.3, 0.4) is 0 Å². The predicted octanol–water partition coefficient (Wildman–Crippen LogP) is 5.03. The van der Waals surface area contributed by atoms with E-state index in [1.807, 2.05) is 57.2 Å². The number of ether oxygens (including phenoxy) is 2. The first kappa shape index (κ1) is 21.8. The van der Waals surface area contributed by atoms with Crippen molar-refractivity contribution in [2.45, 2.75) is 65.5 Å². The molecule has 0 spiro atoms. The van der Waals surface area contributed by atoms with Crippen LogP contribution in [-0.4, -0.2) is 24.7 Å². The Labute approximate surface area is 169 Å². The first-order chi connectivity index (χ1) is 13.2. The van der Waals surface area contributed by atoms with Gasteiger partial charge >= 0.3 is 0 Å². The molecule has 2 rings (SSSR count). The van der Waals surface area contributed by atoms with Crippen LogP contribution in [0.2, 0.25) is 0 Å². The van der Waals surface area contributed by atoms with E-state index in [1.54, 1.807) is 0 Å². The molecule has 4 heteroatoms. The van der Waals surface area contributed by atoms with Crippen molar-refractivity contribution in [2.75, 3.05) is 6.61 Å². The zero-order valence-electron chi connectivity index (χ0n) is 17.9. The Morgan fingerprint density at radius 1 is 1.00 bits per heavy atom. The highest BCUT2D eigenvalue weighted by Crippen LogP contribution is 2.25. The van der Waals surface area contributed by atoms with Gasteiger partial charge in [0.1, 0.15) is 18.1 Å². The van der Waals surface area contributed by atoms with Gasteiger partial charge in [0.05, 0.1) is 6.04 Å². The molecule has 0 heterocycles. The molecule has 2 atom stereocenters. The molecular weight excluding hydrogens is 350 g/mol. The molecular formula is C24H33NO3. The summed E-state index contributed by atoms with van der Waals surface area (Å²) in [5.74, 6) is 1.38. The second kappa shape index (κ2) is 9.63. The largest absolute Gasteiger partial charge is 0.491 e. The average Bonchev–Trinajstić information content (AvgIpc) is 2.65. The van der Waals surface area contributed by atoms with Crippen LogP contribution in [0, 0.1) is 6.92 Å². The predicted molar refractivity (Wildman–Crippen MR) is 114 cm³/mol. The number of hydrogen-bond donors (Lipinski definition) is 1. The Morgan fingerprint density at radius 3 is 2.11 bits per heavy atom. The van der Waals surface area contributed by atoms with E-state index < -0.39 is 6.10 Å². The summed E-state index contributed by atoms with van der Waals surface area (Å²) in [6, 6.07) is 15.7. The first-order valence-electron chi connectivity index (χ1n) is 9.96. The van der Waals surface area contributed by atoms with Crippen molar-refractivity contribution in [3.05, 3.63) is 59.7 Å². The lowest BCUT2D eigenvalue weighted by Crippen LogP contribution is -2.44. The summed E-state index contributed by atoms with van der Waals surface area (Å²) in [6.45, 7) is 12.8. The molecule has 28 heavy (non-hydrogen) atoms. The highest BCUT2D eigenvalue weighted by atomic mass is 16.5. The minimum Gasteiger partial charge on any atom is -0.491 e. The molecule has 0 bridgehead atoms. The normalized spacial score (nSPS) is 13.5. The fraction of sp³-hybridized carbons (Fsp3) is 0.458. The van der Waals surface area contributed by atoms with E-state index >= 15 is 0 Å². The van der Waals surface area contributed by atoms with Crippen LogP contribution in [0.1, 0.15) is 52.2 Å². The molecule has 0 fully saturated rings. The smallest absolute Gasteiger partial charge is 0.261 e. The molecule has 0 radical (unpaired) electrons. The van der Waals surface area contributed by atoms with Gasteiger partial charge in [-0.2, -0.15) is 0 Å². The van der Waals surface area contributed by atoms with Gasteiger partial charge in [-0.3, -0.25) is 4.79 Å². The van der Waals surface area contributed by atoms with Crippen LogP contribution in [0.15, 0.2) is 48.5 Å². The molecule has 0 saturated carbocycles. The van der Waals surface area contributed by atoms with E-state index in [0.29, 0.717) is 18.8 Å². The fourth-order valence-corrected chi connectivity index (χ4v) is 2.75. The molecule has 2 aromatic carbocycles. The number of amides is 1. The summed E-state index contributed by atoms with van der Waals surface area (Å²) in [5, 5.41) is 2.98. The van der Waals surface area contributed by atoms with E-state index in [-0.39, 0.29) is 17.4 Å². The fourth-order valence-electron chi connectivity index (χ4n) is 2.75. The molecule has 4 nitrogen and oxygen atoms in total. The Hall–Kier alpha value is -2.49. The number of nitrogens with one attached hydrogen (secondary N) is 1. The van der Waals surface area contributed by atoms with Crippen molar-refractivity contribution < 1.29 is 14.3 Å². The highest BCUT2D eigenvalue weighted by Gasteiger charge is 2.21. The second-order valence-electron chi connectivity index (χ2n) is 8.32. The molecule has 0 saturated heterocycles. The van der Waals surface area contributed by atoms with Crippen molar-refractivity contribution >= 4 is 5.91 Å². The summed E-state index contributed by atoms with van der Waals surface area (Å²) in [6.07, 6.45) is 0.0700. The Kier molecular flexibility index (Phi) is 7.50. The van der Waals surface area contributed by atoms with E-state index in [0.717, 1.165) is 5.75 Å². The van der Waals surface area contributed by atoms with Gasteiger partial charge in [0, 0.05) is 0 Å². The van der Waals surface area contributed by atoms with Gasteiger partial charge in [0.15, 0.2) is 6.10 Å². The summed E-state index contributed by atoms with van der Waals surface area (Å²) < 4.78 is 11.7. The number of carbonyl (C=O) groups excluding carboxylic acids is 1. The highest BCUT2D eigenvalue weighted by molar-refractivity contribution is 5.81. The molecule has 2 aromatic rings. The van der Waals surface area contributed by atoms with Gasteiger partial charge in [-0.1, -0.05) is 57.5 Å². The molecule has 0 unspecified atom stereocenters. The lowest BCUT2D eigenvalue weighted by atomic mass is 9.87. The van der Waals surface area contributed by atoms with Crippen molar-refractivity contribution in [2.24, 2.45) is 0 Å². The molecule has 152 valence electrons.